The number of hydrogen-bond donors (Lipinski definition) is 2. The van der Waals surface area contributed by atoms with Crippen molar-refractivity contribution in [3.05, 3.63) is 27.8 Å². The molecule has 5 rings (SSSR count). The summed E-state index contributed by atoms with van der Waals surface area (Å²) in [6.45, 7) is 0. The molecule has 1 amide bonds. The van der Waals surface area contributed by atoms with Crippen molar-refractivity contribution in [1.29, 1.82) is 0 Å². The van der Waals surface area contributed by atoms with Gasteiger partial charge in [0.15, 0.2) is 5.11 Å². The van der Waals surface area contributed by atoms with Gasteiger partial charge in [0, 0.05) is 9.26 Å². The third-order valence-corrected chi connectivity index (χ3v) is 6.77. The van der Waals surface area contributed by atoms with Gasteiger partial charge in [-0.15, -0.1) is 0 Å². The predicted molar refractivity (Wildman–Crippen MR) is 104 cm³/mol. The molecule has 122 valence electrons. The van der Waals surface area contributed by atoms with Crippen LogP contribution in [0.1, 0.15) is 38.5 Å². The third kappa shape index (κ3) is 3.14. The number of amides is 1. The molecule has 4 saturated carbocycles. The number of nitrogens with one attached hydrogen (secondary N) is 2. The molecule has 0 aromatic heterocycles. The Hall–Kier alpha value is -0.690. The molecule has 1 aromatic rings. The number of halogens is 1. The number of benzene rings is 1. The summed E-state index contributed by atoms with van der Waals surface area (Å²) >= 11 is 7.63. The van der Waals surface area contributed by atoms with E-state index in [0.717, 1.165) is 42.7 Å². The van der Waals surface area contributed by atoms with E-state index in [1.165, 1.54) is 22.8 Å². The summed E-state index contributed by atoms with van der Waals surface area (Å²) in [7, 11) is 0. The lowest BCUT2D eigenvalue weighted by molar-refractivity contribution is -0.144. The van der Waals surface area contributed by atoms with Gasteiger partial charge < -0.3 is 10.6 Å². The minimum absolute atomic E-state index is 0.146. The molecule has 0 saturated heterocycles. The van der Waals surface area contributed by atoms with E-state index in [2.05, 4.69) is 33.2 Å². The lowest BCUT2D eigenvalue weighted by Gasteiger charge is -2.55. The molecular formula is C18H21IN2OS. The van der Waals surface area contributed by atoms with Gasteiger partial charge in [0.05, 0.1) is 5.41 Å². The van der Waals surface area contributed by atoms with E-state index in [1.807, 2.05) is 24.3 Å². The molecule has 23 heavy (non-hydrogen) atoms. The summed E-state index contributed by atoms with van der Waals surface area (Å²) < 4.78 is 1.18. The number of thiocarbonyl (C=S) groups is 1. The highest BCUT2D eigenvalue weighted by Gasteiger charge is 2.54. The maximum atomic E-state index is 12.9. The summed E-state index contributed by atoms with van der Waals surface area (Å²) in [6.07, 6.45) is 7.23. The molecule has 0 heterocycles. The standard InChI is InChI=1S/C18H21IN2OS/c19-14-1-3-15(4-2-14)20-17(23)21-16(22)18-8-11-5-12(9-18)7-13(6-11)10-18/h1-4,11-13H,5-10H2,(H2,20,21,22,23). The SMILES string of the molecule is O=C(NC(=S)Nc1ccc(I)cc1)C12CC3CC(CC(C3)C1)C2. The fourth-order valence-corrected chi connectivity index (χ4v) is 5.89. The molecule has 3 nitrogen and oxygen atoms in total. The maximum Gasteiger partial charge on any atom is 0.232 e. The van der Waals surface area contributed by atoms with Gasteiger partial charge in [-0.1, -0.05) is 0 Å². The third-order valence-electron chi connectivity index (χ3n) is 5.85. The highest BCUT2D eigenvalue weighted by Crippen LogP contribution is 2.60. The molecule has 5 heteroatoms. The Kier molecular flexibility index (Phi) is 4.12. The molecule has 0 aliphatic heterocycles. The molecule has 0 spiro atoms. The lowest BCUT2D eigenvalue weighted by atomic mass is 9.49. The van der Waals surface area contributed by atoms with E-state index in [1.54, 1.807) is 0 Å². The minimum atomic E-state index is -0.146. The van der Waals surface area contributed by atoms with Crippen LogP contribution in [0.15, 0.2) is 24.3 Å². The van der Waals surface area contributed by atoms with Gasteiger partial charge in [-0.05, 0) is 115 Å². The summed E-state index contributed by atoms with van der Waals surface area (Å²) in [5.74, 6) is 2.46. The van der Waals surface area contributed by atoms with Gasteiger partial charge in [0.2, 0.25) is 5.91 Å². The zero-order valence-corrected chi connectivity index (χ0v) is 16.0. The molecule has 1 aromatic carbocycles. The van der Waals surface area contributed by atoms with E-state index < -0.39 is 0 Å². The largest absolute Gasteiger partial charge is 0.332 e. The van der Waals surface area contributed by atoms with Crippen LogP contribution in [-0.2, 0) is 4.79 Å². The summed E-state index contributed by atoms with van der Waals surface area (Å²) in [5.41, 5.74) is 0.772. The van der Waals surface area contributed by atoms with Crippen molar-refractivity contribution in [1.82, 2.24) is 5.32 Å². The van der Waals surface area contributed by atoms with Gasteiger partial charge in [0.1, 0.15) is 0 Å². The Morgan fingerprint density at radius 3 is 2.09 bits per heavy atom. The average Bonchev–Trinajstić information content (AvgIpc) is 2.48. The van der Waals surface area contributed by atoms with Crippen LogP contribution >= 0.6 is 34.8 Å². The van der Waals surface area contributed by atoms with E-state index >= 15 is 0 Å². The van der Waals surface area contributed by atoms with Gasteiger partial charge >= 0.3 is 0 Å². The zero-order chi connectivity index (χ0) is 16.0. The van der Waals surface area contributed by atoms with Crippen LogP contribution in [0.2, 0.25) is 0 Å². The Morgan fingerprint density at radius 2 is 1.57 bits per heavy atom. The molecule has 0 radical (unpaired) electrons. The normalized spacial score (nSPS) is 34.2. The molecule has 4 aliphatic carbocycles. The second-order valence-electron chi connectivity index (χ2n) is 7.61. The number of anilines is 1. The van der Waals surface area contributed by atoms with Crippen molar-refractivity contribution < 1.29 is 4.79 Å². The van der Waals surface area contributed by atoms with E-state index in [9.17, 15) is 4.79 Å². The first-order valence-electron chi connectivity index (χ1n) is 8.40. The molecule has 4 aliphatic rings. The molecular weight excluding hydrogens is 419 g/mol. The Bertz CT molecular complexity index is 608. The first-order valence-corrected chi connectivity index (χ1v) is 9.89. The van der Waals surface area contributed by atoms with E-state index in [-0.39, 0.29) is 11.3 Å². The number of rotatable bonds is 2. The van der Waals surface area contributed by atoms with Crippen molar-refractivity contribution in [2.75, 3.05) is 5.32 Å². The first-order chi connectivity index (χ1) is 11.0. The summed E-state index contributed by atoms with van der Waals surface area (Å²) in [5, 5.41) is 6.53. The molecule has 4 bridgehead atoms. The zero-order valence-electron chi connectivity index (χ0n) is 13.0. The molecule has 0 atom stereocenters. The molecule has 4 fully saturated rings. The van der Waals surface area contributed by atoms with Gasteiger partial charge in [-0.25, -0.2) is 0 Å². The van der Waals surface area contributed by atoms with Gasteiger partial charge in [0.25, 0.3) is 0 Å². The van der Waals surface area contributed by atoms with Crippen LogP contribution < -0.4 is 10.6 Å². The second kappa shape index (κ2) is 5.99. The van der Waals surface area contributed by atoms with E-state index in [4.69, 9.17) is 12.2 Å². The summed E-state index contributed by atoms with van der Waals surface area (Å²) in [4.78, 5) is 12.9. The fraction of sp³-hybridized carbons (Fsp3) is 0.556. The predicted octanol–water partition coefficient (Wildman–Crippen LogP) is 4.32. The monoisotopic (exact) mass is 440 g/mol. The van der Waals surface area contributed by atoms with Crippen molar-refractivity contribution in [3.63, 3.8) is 0 Å². The van der Waals surface area contributed by atoms with Crippen molar-refractivity contribution in [2.45, 2.75) is 38.5 Å². The van der Waals surface area contributed by atoms with Crippen molar-refractivity contribution >= 4 is 51.5 Å². The van der Waals surface area contributed by atoms with Crippen LogP contribution in [0.4, 0.5) is 5.69 Å². The van der Waals surface area contributed by atoms with E-state index in [0.29, 0.717) is 5.11 Å². The Morgan fingerprint density at radius 1 is 1.04 bits per heavy atom. The summed E-state index contributed by atoms with van der Waals surface area (Å²) in [6, 6.07) is 7.99. The van der Waals surface area contributed by atoms with Crippen LogP contribution in [-0.4, -0.2) is 11.0 Å². The quantitative estimate of drug-likeness (QED) is 0.532. The fourth-order valence-electron chi connectivity index (χ4n) is 5.32. The number of carbonyl (C=O) groups is 1. The van der Waals surface area contributed by atoms with Crippen LogP contribution in [0.5, 0.6) is 0 Å². The smallest absolute Gasteiger partial charge is 0.232 e. The Balaban J connectivity index is 1.41. The lowest BCUT2D eigenvalue weighted by Crippen LogP contribution is -2.55. The van der Waals surface area contributed by atoms with Crippen molar-refractivity contribution in [3.8, 4) is 0 Å². The van der Waals surface area contributed by atoms with Crippen LogP contribution in [0.3, 0.4) is 0 Å². The number of hydrogen-bond acceptors (Lipinski definition) is 2. The van der Waals surface area contributed by atoms with Crippen LogP contribution in [0, 0.1) is 26.7 Å². The van der Waals surface area contributed by atoms with Gasteiger partial charge in [-0.3, -0.25) is 4.79 Å². The minimum Gasteiger partial charge on any atom is -0.332 e. The first kappa shape index (κ1) is 15.8. The molecule has 0 unspecified atom stereocenters. The molecule has 2 N–H and O–H groups in total. The highest BCUT2D eigenvalue weighted by molar-refractivity contribution is 14.1. The number of carbonyl (C=O) groups excluding carboxylic acids is 1. The maximum absolute atomic E-state index is 12.9. The van der Waals surface area contributed by atoms with Crippen LogP contribution in [0.25, 0.3) is 0 Å². The second-order valence-corrected chi connectivity index (χ2v) is 9.27. The highest BCUT2D eigenvalue weighted by atomic mass is 127. The average molecular weight is 440 g/mol. The van der Waals surface area contributed by atoms with Crippen molar-refractivity contribution in [2.24, 2.45) is 23.2 Å². The topological polar surface area (TPSA) is 41.1 Å². The Labute approximate surface area is 156 Å². The van der Waals surface area contributed by atoms with Gasteiger partial charge in [-0.2, -0.15) is 0 Å².